The zero-order valence-corrected chi connectivity index (χ0v) is 15.2. The van der Waals surface area contributed by atoms with Gasteiger partial charge in [0, 0.05) is 17.6 Å². The Bertz CT molecular complexity index is 768. The molecular formula is C22H27N3. The van der Waals surface area contributed by atoms with Crippen LogP contribution in [0.3, 0.4) is 0 Å². The van der Waals surface area contributed by atoms with Gasteiger partial charge < -0.3 is 10.2 Å². The number of hydrogen-bond acceptors (Lipinski definition) is 2. The SMILES string of the molecule is CC1CN(C)CCC12Cc1ccccc1NC2=NCc1ccccc1. The van der Waals surface area contributed by atoms with E-state index in [-0.39, 0.29) is 5.41 Å². The van der Waals surface area contributed by atoms with Gasteiger partial charge in [-0.25, -0.2) is 0 Å². The molecule has 1 N–H and O–H groups in total. The lowest BCUT2D eigenvalue weighted by Crippen LogP contribution is -2.54. The lowest BCUT2D eigenvalue weighted by Gasteiger charge is -2.49. The summed E-state index contributed by atoms with van der Waals surface area (Å²) >= 11 is 0. The normalized spacial score (nSPS) is 27.9. The Hall–Kier alpha value is -2.13. The third kappa shape index (κ3) is 3.09. The molecule has 2 aromatic rings. The van der Waals surface area contributed by atoms with Gasteiger partial charge in [-0.3, -0.25) is 4.99 Å². The molecule has 25 heavy (non-hydrogen) atoms. The van der Waals surface area contributed by atoms with E-state index in [0.717, 1.165) is 26.1 Å². The van der Waals surface area contributed by atoms with Crippen molar-refractivity contribution < 1.29 is 0 Å². The van der Waals surface area contributed by atoms with E-state index in [4.69, 9.17) is 4.99 Å². The van der Waals surface area contributed by atoms with Crippen molar-refractivity contribution in [1.82, 2.24) is 4.90 Å². The highest BCUT2D eigenvalue weighted by atomic mass is 15.1. The van der Waals surface area contributed by atoms with Crippen LogP contribution < -0.4 is 5.32 Å². The zero-order valence-electron chi connectivity index (χ0n) is 15.2. The van der Waals surface area contributed by atoms with Gasteiger partial charge in [0.1, 0.15) is 5.84 Å². The summed E-state index contributed by atoms with van der Waals surface area (Å²) in [5.41, 5.74) is 4.06. The smallest absolute Gasteiger partial charge is 0.108 e. The molecule has 2 aliphatic heterocycles. The Labute approximate surface area is 150 Å². The average molecular weight is 333 g/mol. The molecule has 3 heteroatoms. The number of likely N-dealkylation sites (tertiary alicyclic amines) is 1. The van der Waals surface area contributed by atoms with Crippen molar-refractivity contribution in [1.29, 1.82) is 0 Å². The van der Waals surface area contributed by atoms with Crippen LogP contribution in [0.2, 0.25) is 0 Å². The topological polar surface area (TPSA) is 27.6 Å². The summed E-state index contributed by atoms with van der Waals surface area (Å²) in [5, 5.41) is 3.70. The van der Waals surface area contributed by atoms with Crippen molar-refractivity contribution in [3.8, 4) is 0 Å². The fraction of sp³-hybridized carbons (Fsp3) is 0.409. The molecular weight excluding hydrogens is 306 g/mol. The number of hydrogen-bond donors (Lipinski definition) is 1. The van der Waals surface area contributed by atoms with Gasteiger partial charge in [-0.15, -0.1) is 0 Å². The largest absolute Gasteiger partial charge is 0.343 e. The molecule has 1 fully saturated rings. The van der Waals surface area contributed by atoms with Gasteiger partial charge in [0.25, 0.3) is 0 Å². The first kappa shape index (κ1) is 16.3. The molecule has 0 saturated carbocycles. The minimum atomic E-state index is 0.135. The number of nitrogens with zero attached hydrogens (tertiary/aromatic N) is 2. The summed E-state index contributed by atoms with van der Waals surface area (Å²) in [6, 6.07) is 19.3. The summed E-state index contributed by atoms with van der Waals surface area (Å²) in [6.07, 6.45) is 2.26. The number of para-hydroxylation sites is 1. The maximum absolute atomic E-state index is 5.09. The second kappa shape index (κ2) is 6.64. The maximum atomic E-state index is 5.09. The third-order valence-electron chi connectivity index (χ3n) is 5.98. The van der Waals surface area contributed by atoms with Crippen molar-refractivity contribution in [3.63, 3.8) is 0 Å². The summed E-state index contributed by atoms with van der Waals surface area (Å²) in [5.74, 6) is 1.78. The molecule has 3 nitrogen and oxygen atoms in total. The van der Waals surface area contributed by atoms with Crippen molar-refractivity contribution in [2.75, 3.05) is 25.5 Å². The van der Waals surface area contributed by atoms with Crippen LogP contribution in [0.25, 0.3) is 0 Å². The molecule has 0 aliphatic carbocycles. The van der Waals surface area contributed by atoms with E-state index in [2.05, 4.69) is 78.8 Å². The molecule has 1 spiro atoms. The Kier molecular flexibility index (Phi) is 4.34. The predicted octanol–water partition coefficient (Wildman–Crippen LogP) is 4.21. The fourth-order valence-corrected chi connectivity index (χ4v) is 4.41. The van der Waals surface area contributed by atoms with Gasteiger partial charge >= 0.3 is 0 Å². The summed E-state index contributed by atoms with van der Waals surface area (Å²) in [6.45, 7) is 5.41. The molecule has 0 amide bonds. The summed E-state index contributed by atoms with van der Waals surface area (Å²) in [4.78, 5) is 7.54. The van der Waals surface area contributed by atoms with Crippen LogP contribution in [0.1, 0.15) is 24.5 Å². The van der Waals surface area contributed by atoms with E-state index in [1.54, 1.807) is 0 Å². The second-order valence-corrected chi connectivity index (χ2v) is 7.68. The third-order valence-corrected chi connectivity index (χ3v) is 5.98. The summed E-state index contributed by atoms with van der Waals surface area (Å²) < 4.78 is 0. The van der Waals surface area contributed by atoms with E-state index in [0.29, 0.717) is 5.92 Å². The minimum Gasteiger partial charge on any atom is -0.343 e. The van der Waals surface area contributed by atoms with E-state index in [9.17, 15) is 0 Å². The lowest BCUT2D eigenvalue weighted by atomic mass is 9.64. The molecule has 0 radical (unpaired) electrons. The van der Waals surface area contributed by atoms with Gasteiger partial charge in [-0.2, -0.15) is 0 Å². The van der Waals surface area contributed by atoms with Crippen LogP contribution in [0.4, 0.5) is 5.69 Å². The number of rotatable bonds is 2. The molecule has 2 atom stereocenters. The molecule has 0 bridgehead atoms. The Morgan fingerprint density at radius 3 is 2.68 bits per heavy atom. The number of benzene rings is 2. The van der Waals surface area contributed by atoms with Gasteiger partial charge in [-0.05, 0) is 49.5 Å². The molecule has 2 aromatic carbocycles. The lowest BCUT2D eigenvalue weighted by molar-refractivity contribution is 0.111. The van der Waals surface area contributed by atoms with Crippen LogP contribution in [-0.4, -0.2) is 30.9 Å². The summed E-state index contributed by atoms with van der Waals surface area (Å²) in [7, 11) is 2.23. The van der Waals surface area contributed by atoms with Gasteiger partial charge in [0.15, 0.2) is 0 Å². The number of nitrogens with one attached hydrogen (secondary N) is 1. The monoisotopic (exact) mass is 333 g/mol. The van der Waals surface area contributed by atoms with Crippen LogP contribution in [-0.2, 0) is 13.0 Å². The maximum Gasteiger partial charge on any atom is 0.108 e. The van der Waals surface area contributed by atoms with Crippen LogP contribution in [0.15, 0.2) is 59.6 Å². The highest BCUT2D eigenvalue weighted by molar-refractivity contribution is 6.02. The molecule has 4 rings (SSSR count). The standard InChI is InChI=1S/C22H27N3/c1-17-16-25(2)13-12-22(17)14-19-10-6-7-11-20(19)24-21(22)23-15-18-8-4-3-5-9-18/h3-11,17H,12-16H2,1-2H3,(H,23,24). The Morgan fingerprint density at radius 2 is 1.88 bits per heavy atom. The van der Waals surface area contributed by atoms with Crippen molar-refractivity contribution >= 4 is 11.5 Å². The Balaban J connectivity index is 1.71. The molecule has 2 aliphatic rings. The van der Waals surface area contributed by atoms with Crippen molar-refractivity contribution in [2.45, 2.75) is 26.3 Å². The van der Waals surface area contributed by atoms with E-state index in [1.165, 1.54) is 29.1 Å². The van der Waals surface area contributed by atoms with E-state index < -0.39 is 0 Å². The molecule has 2 unspecified atom stereocenters. The van der Waals surface area contributed by atoms with Gasteiger partial charge in [0.2, 0.25) is 0 Å². The first-order chi connectivity index (χ1) is 12.2. The van der Waals surface area contributed by atoms with Gasteiger partial charge in [0.05, 0.1) is 6.54 Å². The minimum absolute atomic E-state index is 0.135. The predicted molar refractivity (Wildman–Crippen MR) is 105 cm³/mol. The van der Waals surface area contributed by atoms with Gasteiger partial charge in [-0.1, -0.05) is 55.5 Å². The van der Waals surface area contributed by atoms with Crippen molar-refractivity contribution in [2.24, 2.45) is 16.3 Å². The molecule has 0 aromatic heterocycles. The van der Waals surface area contributed by atoms with E-state index in [1.807, 2.05) is 0 Å². The van der Waals surface area contributed by atoms with Crippen LogP contribution >= 0.6 is 0 Å². The number of anilines is 1. The number of amidine groups is 1. The first-order valence-electron chi connectivity index (χ1n) is 9.30. The quantitative estimate of drug-likeness (QED) is 0.891. The fourth-order valence-electron chi connectivity index (χ4n) is 4.41. The highest BCUT2D eigenvalue weighted by Gasteiger charge is 2.46. The van der Waals surface area contributed by atoms with E-state index >= 15 is 0 Å². The number of aliphatic imine (C=N–C) groups is 1. The van der Waals surface area contributed by atoms with Crippen molar-refractivity contribution in [3.05, 3.63) is 65.7 Å². The second-order valence-electron chi connectivity index (χ2n) is 7.68. The molecule has 2 heterocycles. The number of piperidine rings is 1. The Morgan fingerprint density at radius 1 is 1.12 bits per heavy atom. The number of fused-ring (bicyclic) bond motifs is 1. The molecule has 130 valence electrons. The highest BCUT2D eigenvalue weighted by Crippen LogP contribution is 2.45. The van der Waals surface area contributed by atoms with Crippen LogP contribution in [0, 0.1) is 11.3 Å². The van der Waals surface area contributed by atoms with Crippen LogP contribution in [0.5, 0.6) is 0 Å². The zero-order chi connectivity index (χ0) is 17.3. The average Bonchev–Trinajstić information content (AvgIpc) is 2.64. The first-order valence-corrected chi connectivity index (χ1v) is 9.30. The molecule has 1 saturated heterocycles.